The molecule has 0 bridgehead atoms. The van der Waals surface area contributed by atoms with E-state index in [9.17, 15) is 9.59 Å². The molecule has 0 aromatic heterocycles. The van der Waals surface area contributed by atoms with Crippen molar-refractivity contribution < 1.29 is 19.1 Å². The maximum atomic E-state index is 13.3. The molecule has 0 fully saturated rings. The third kappa shape index (κ3) is 6.89. The van der Waals surface area contributed by atoms with Crippen LogP contribution in [0.2, 0.25) is 5.02 Å². The van der Waals surface area contributed by atoms with Gasteiger partial charge < -0.3 is 19.7 Å². The van der Waals surface area contributed by atoms with Gasteiger partial charge in [-0.05, 0) is 56.0 Å². The van der Waals surface area contributed by atoms with Gasteiger partial charge in [0.15, 0.2) is 11.5 Å². The normalized spacial score (nSPS) is 11.7. The third-order valence-corrected chi connectivity index (χ3v) is 5.56. The van der Waals surface area contributed by atoms with Crippen LogP contribution in [0, 0.1) is 0 Å². The van der Waals surface area contributed by atoms with E-state index in [0.29, 0.717) is 29.4 Å². The molecule has 0 aliphatic carbocycles. The zero-order valence-corrected chi connectivity index (χ0v) is 20.2. The van der Waals surface area contributed by atoms with Crippen molar-refractivity contribution in [3.05, 3.63) is 58.6 Å². The van der Waals surface area contributed by atoms with Crippen LogP contribution in [0.5, 0.6) is 11.5 Å². The van der Waals surface area contributed by atoms with Crippen molar-refractivity contribution in [3.8, 4) is 11.5 Å². The van der Waals surface area contributed by atoms with Crippen molar-refractivity contribution in [3.63, 3.8) is 0 Å². The maximum Gasteiger partial charge on any atom is 0.243 e. The van der Waals surface area contributed by atoms with E-state index in [1.54, 1.807) is 25.2 Å². The predicted octanol–water partition coefficient (Wildman–Crippen LogP) is 4.62. The van der Waals surface area contributed by atoms with Crippen molar-refractivity contribution >= 4 is 23.4 Å². The van der Waals surface area contributed by atoms with Crippen LogP contribution in [0.1, 0.15) is 44.7 Å². The number of nitrogens with one attached hydrogen (secondary N) is 1. The molecule has 0 spiro atoms. The molecular formula is C25H33ClN2O4. The van der Waals surface area contributed by atoms with Crippen LogP contribution in [0.15, 0.2) is 42.5 Å². The van der Waals surface area contributed by atoms with Crippen LogP contribution in [0.3, 0.4) is 0 Å². The summed E-state index contributed by atoms with van der Waals surface area (Å²) in [4.78, 5) is 27.9. The number of methoxy groups -OCH3 is 2. The van der Waals surface area contributed by atoms with Gasteiger partial charge in [-0.15, -0.1) is 0 Å². The number of rotatable bonds is 11. The Bertz CT molecular complexity index is 917. The first-order valence-corrected chi connectivity index (χ1v) is 11.2. The lowest BCUT2D eigenvalue weighted by atomic mass is 10.1. The molecule has 2 amide bonds. The molecule has 174 valence electrons. The second kappa shape index (κ2) is 12.3. The van der Waals surface area contributed by atoms with Crippen molar-refractivity contribution in [2.75, 3.05) is 14.2 Å². The highest BCUT2D eigenvalue weighted by Gasteiger charge is 2.29. The van der Waals surface area contributed by atoms with Gasteiger partial charge in [0, 0.05) is 24.0 Å². The number of carbonyl (C=O) groups is 2. The average molecular weight is 461 g/mol. The minimum atomic E-state index is -0.577. The second-order valence-corrected chi connectivity index (χ2v) is 8.30. The summed E-state index contributed by atoms with van der Waals surface area (Å²) >= 11 is 6.36. The number of amides is 2. The minimum absolute atomic E-state index is 0.0134. The zero-order valence-electron chi connectivity index (χ0n) is 19.5. The van der Waals surface area contributed by atoms with Crippen LogP contribution in [-0.2, 0) is 22.6 Å². The van der Waals surface area contributed by atoms with E-state index in [1.165, 1.54) is 0 Å². The van der Waals surface area contributed by atoms with Gasteiger partial charge >= 0.3 is 0 Å². The monoisotopic (exact) mass is 460 g/mol. The van der Waals surface area contributed by atoms with E-state index in [0.717, 1.165) is 11.1 Å². The van der Waals surface area contributed by atoms with Gasteiger partial charge in [0.25, 0.3) is 0 Å². The summed E-state index contributed by atoms with van der Waals surface area (Å²) in [5.41, 5.74) is 1.76. The highest BCUT2D eigenvalue weighted by Crippen LogP contribution is 2.28. The number of aryl methyl sites for hydroxylation is 1. The second-order valence-electron chi connectivity index (χ2n) is 7.89. The Balaban J connectivity index is 2.24. The molecule has 1 atom stereocenters. The lowest BCUT2D eigenvalue weighted by Gasteiger charge is -2.31. The van der Waals surface area contributed by atoms with Gasteiger partial charge in [0.1, 0.15) is 6.04 Å². The molecule has 0 aliphatic heterocycles. The summed E-state index contributed by atoms with van der Waals surface area (Å²) in [6.07, 6.45) is 1.27. The molecule has 1 N–H and O–H groups in total. The van der Waals surface area contributed by atoms with E-state index < -0.39 is 6.04 Å². The van der Waals surface area contributed by atoms with Crippen LogP contribution in [0.25, 0.3) is 0 Å². The summed E-state index contributed by atoms with van der Waals surface area (Å²) in [5.74, 6) is 0.993. The van der Waals surface area contributed by atoms with E-state index in [2.05, 4.69) is 5.32 Å². The number of hydrogen-bond donors (Lipinski definition) is 1. The lowest BCUT2D eigenvalue weighted by molar-refractivity contribution is -0.141. The van der Waals surface area contributed by atoms with E-state index in [1.807, 2.05) is 57.2 Å². The fourth-order valence-electron chi connectivity index (χ4n) is 3.54. The Morgan fingerprint density at radius 2 is 1.75 bits per heavy atom. The van der Waals surface area contributed by atoms with Gasteiger partial charge in [-0.3, -0.25) is 9.59 Å². The first-order valence-electron chi connectivity index (χ1n) is 10.8. The van der Waals surface area contributed by atoms with Crippen molar-refractivity contribution in [1.82, 2.24) is 10.2 Å². The van der Waals surface area contributed by atoms with Gasteiger partial charge in [-0.25, -0.2) is 0 Å². The lowest BCUT2D eigenvalue weighted by Crippen LogP contribution is -2.50. The number of nitrogens with zero attached hydrogens (tertiary/aromatic N) is 1. The molecule has 0 radical (unpaired) electrons. The first kappa shape index (κ1) is 25.5. The van der Waals surface area contributed by atoms with Gasteiger partial charge in [0.05, 0.1) is 14.2 Å². The number of benzene rings is 2. The highest BCUT2D eigenvalue weighted by molar-refractivity contribution is 6.31. The minimum Gasteiger partial charge on any atom is -0.493 e. The SMILES string of the molecule is CCC(C(=O)NC(C)C)N(Cc1ccccc1Cl)C(=O)CCc1ccc(OC)c(OC)c1. The van der Waals surface area contributed by atoms with Crippen LogP contribution in [-0.4, -0.2) is 43.0 Å². The van der Waals surface area contributed by atoms with E-state index >= 15 is 0 Å². The quantitative estimate of drug-likeness (QED) is 0.531. The Morgan fingerprint density at radius 3 is 2.34 bits per heavy atom. The summed E-state index contributed by atoms with van der Waals surface area (Å²) in [6.45, 7) is 5.99. The molecule has 7 heteroatoms. The highest BCUT2D eigenvalue weighted by atomic mass is 35.5. The number of ether oxygens (including phenoxy) is 2. The Labute approximate surface area is 195 Å². The van der Waals surface area contributed by atoms with E-state index in [4.69, 9.17) is 21.1 Å². The molecule has 0 saturated carbocycles. The Kier molecular flexibility index (Phi) is 9.85. The molecular weight excluding hydrogens is 428 g/mol. The molecule has 0 heterocycles. The fraction of sp³-hybridized carbons (Fsp3) is 0.440. The molecule has 0 saturated heterocycles. The fourth-order valence-corrected chi connectivity index (χ4v) is 3.74. The van der Waals surface area contributed by atoms with Crippen LogP contribution in [0.4, 0.5) is 0 Å². The smallest absolute Gasteiger partial charge is 0.243 e. The third-order valence-electron chi connectivity index (χ3n) is 5.19. The predicted molar refractivity (Wildman–Crippen MR) is 127 cm³/mol. The summed E-state index contributed by atoms with van der Waals surface area (Å²) in [5, 5.41) is 3.51. The summed E-state index contributed by atoms with van der Waals surface area (Å²) in [7, 11) is 3.16. The van der Waals surface area contributed by atoms with Gasteiger partial charge in [0.2, 0.25) is 11.8 Å². The first-order chi connectivity index (χ1) is 15.3. The molecule has 2 aromatic rings. The maximum absolute atomic E-state index is 13.3. The largest absolute Gasteiger partial charge is 0.493 e. The molecule has 2 aromatic carbocycles. The molecule has 32 heavy (non-hydrogen) atoms. The summed E-state index contributed by atoms with van der Waals surface area (Å²) < 4.78 is 10.6. The Morgan fingerprint density at radius 1 is 1.06 bits per heavy atom. The molecule has 6 nitrogen and oxygen atoms in total. The standard InChI is InChI=1S/C25H33ClN2O4/c1-6-21(25(30)27-17(2)3)28(16-19-9-7-8-10-20(19)26)24(29)14-12-18-11-13-22(31-4)23(15-18)32-5/h7-11,13,15,17,21H,6,12,14,16H2,1-5H3,(H,27,30). The Hall–Kier alpha value is -2.73. The number of hydrogen-bond acceptors (Lipinski definition) is 4. The number of carbonyl (C=O) groups excluding carboxylic acids is 2. The van der Waals surface area contributed by atoms with Crippen molar-refractivity contribution in [1.29, 1.82) is 0 Å². The van der Waals surface area contributed by atoms with Gasteiger partial charge in [-0.2, -0.15) is 0 Å². The van der Waals surface area contributed by atoms with Crippen molar-refractivity contribution in [2.24, 2.45) is 0 Å². The summed E-state index contributed by atoms with van der Waals surface area (Å²) in [6, 6.07) is 12.4. The van der Waals surface area contributed by atoms with Gasteiger partial charge in [-0.1, -0.05) is 42.8 Å². The molecule has 2 rings (SSSR count). The molecule has 0 aliphatic rings. The van der Waals surface area contributed by atoms with Crippen LogP contribution >= 0.6 is 11.6 Å². The molecule has 1 unspecified atom stereocenters. The number of halogens is 1. The van der Waals surface area contributed by atoms with E-state index in [-0.39, 0.29) is 30.8 Å². The topological polar surface area (TPSA) is 67.9 Å². The average Bonchev–Trinajstić information content (AvgIpc) is 2.77. The van der Waals surface area contributed by atoms with Crippen molar-refractivity contribution in [2.45, 2.75) is 58.7 Å². The van der Waals surface area contributed by atoms with Crippen LogP contribution < -0.4 is 14.8 Å². The zero-order chi connectivity index (χ0) is 23.7.